The number of thiazole rings is 1. The van der Waals surface area contributed by atoms with Crippen LogP contribution in [0.3, 0.4) is 0 Å². The number of piperidine rings is 1. The summed E-state index contributed by atoms with van der Waals surface area (Å²) in [7, 11) is 0. The van der Waals surface area contributed by atoms with Gasteiger partial charge in [0.05, 0.1) is 22.0 Å². The fourth-order valence-corrected chi connectivity index (χ4v) is 8.87. The third-order valence-corrected chi connectivity index (χ3v) is 11.6. The van der Waals surface area contributed by atoms with E-state index in [4.69, 9.17) is 19.8 Å². The number of aryl methyl sites for hydroxylation is 1. The van der Waals surface area contributed by atoms with E-state index in [9.17, 15) is 22.0 Å². The second-order valence-corrected chi connectivity index (χ2v) is 15.2. The molecule has 1 fully saturated rings. The van der Waals surface area contributed by atoms with Crippen molar-refractivity contribution in [3.8, 4) is 0 Å². The first-order chi connectivity index (χ1) is 27.6. The zero-order valence-corrected chi connectivity index (χ0v) is 31.4. The Morgan fingerprint density at radius 1 is 0.877 bits per heavy atom. The van der Waals surface area contributed by atoms with Crippen LogP contribution in [0.15, 0.2) is 113 Å². The van der Waals surface area contributed by atoms with Crippen molar-refractivity contribution in [2.24, 2.45) is 10.1 Å². The van der Waals surface area contributed by atoms with Gasteiger partial charge in [-0.15, -0.1) is 11.3 Å². The van der Waals surface area contributed by atoms with Gasteiger partial charge in [0.15, 0.2) is 11.8 Å². The highest BCUT2D eigenvalue weighted by Crippen LogP contribution is 2.45. The summed E-state index contributed by atoms with van der Waals surface area (Å²) in [5, 5.41) is 15.2. The number of halogens is 5. The van der Waals surface area contributed by atoms with Crippen molar-refractivity contribution in [3.05, 3.63) is 164 Å². The molecular formula is C42H35F5N8OS. The second kappa shape index (κ2) is 14.6. The van der Waals surface area contributed by atoms with Crippen LogP contribution in [0.5, 0.6) is 0 Å². The maximum atomic E-state index is 14.5. The quantitative estimate of drug-likeness (QED) is 0.143. The SMILES string of the molecule is Cc1cc(C(F)(F)F)nn1C1(c2cccc(Cc3ccccc3)n2)N=Cc2ccccc2N1N1CCC(c2nc(C3=NO[C@H](c4c(F)cccc4F)C3)cs2)CC1. The highest BCUT2D eigenvalue weighted by atomic mass is 32.1. The van der Waals surface area contributed by atoms with Crippen molar-refractivity contribution in [2.45, 2.75) is 56.6 Å². The van der Waals surface area contributed by atoms with E-state index in [1.807, 2.05) is 77.1 Å². The maximum Gasteiger partial charge on any atom is 0.435 e. The lowest BCUT2D eigenvalue weighted by Gasteiger charge is -2.51. The summed E-state index contributed by atoms with van der Waals surface area (Å²) in [5.74, 6) is -2.96. The zero-order chi connectivity index (χ0) is 39.3. The van der Waals surface area contributed by atoms with Crippen molar-refractivity contribution >= 4 is 29.0 Å². The second-order valence-electron chi connectivity index (χ2n) is 14.3. The number of aromatic nitrogens is 4. The van der Waals surface area contributed by atoms with E-state index in [-0.39, 0.29) is 23.6 Å². The molecule has 0 spiro atoms. The molecular weight excluding hydrogens is 760 g/mol. The van der Waals surface area contributed by atoms with Gasteiger partial charge >= 0.3 is 6.18 Å². The molecule has 3 aliphatic heterocycles. The molecule has 0 radical (unpaired) electrons. The van der Waals surface area contributed by atoms with Crippen LogP contribution >= 0.6 is 11.3 Å². The van der Waals surface area contributed by atoms with Gasteiger partial charge in [0.25, 0.3) is 5.79 Å². The minimum Gasteiger partial charge on any atom is -0.387 e. The average molecular weight is 795 g/mol. The average Bonchev–Trinajstić information content (AvgIpc) is 3.99. The summed E-state index contributed by atoms with van der Waals surface area (Å²) in [6, 6.07) is 27.8. The number of hydrazine groups is 1. The monoisotopic (exact) mass is 794 g/mol. The van der Waals surface area contributed by atoms with Crippen molar-refractivity contribution in [1.82, 2.24) is 24.8 Å². The topological polar surface area (TPSA) is 84.0 Å². The van der Waals surface area contributed by atoms with Crippen LogP contribution < -0.4 is 5.01 Å². The van der Waals surface area contributed by atoms with Crippen molar-refractivity contribution < 1.29 is 26.8 Å². The van der Waals surface area contributed by atoms with Crippen LogP contribution in [0.4, 0.5) is 27.6 Å². The molecule has 0 aliphatic carbocycles. The van der Waals surface area contributed by atoms with Crippen LogP contribution in [0.1, 0.15) is 81.5 Å². The molecule has 3 aromatic carbocycles. The number of para-hydroxylation sites is 1. The third kappa shape index (κ3) is 6.78. The van der Waals surface area contributed by atoms with Gasteiger partial charge in [-0.2, -0.15) is 18.3 Å². The van der Waals surface area contributed by atoms with Crippen molar-refractivity contribution in [3.63, 3.8) is 0 Å². The number of fused-ring (bicyclic) bond motifs is 1. The fourth-order valence-electron chi connectivity index (χ4n) is 7.87. The standard InChI is InChI=1S/C42H35F5N8OS/c1-26-21-38(41(45,46)47)51-54(26)42(37-16-7-12-30(49-37)22-27-9-3-2-4-10-27)48-24-29-11-5-6-15-35(29)55(42)53-19-17-28(18-20-53)40-50-34(25-57-40)33-23-36(56-52-33)39-31(43)13-8-14-32(39)44/h2-16,21,24-25,28,36H,17-20,22-23H2,1H3/t36-,42?/m0/s1. The molecule has 290 valence electrons. The molecule has 9 rings (SSSR count). The Hall–Kier alpha value is -5.80. The third-order valence-electron chi connectivity index (χ3n) is 10.6. The summed E-state index contributed by atoms with van der Waals surface area (Å²) >= 11 is 1.49. The number of benzene rings is 3. The van der Waals surface area contributed by atoms with E-state index in [0.717, 1.165) is 33.6 Å². The summed E-state index contributed by atoms with van der Waals surface area (Å²) in [4.78, 5) is 20.6. The van der Waals surface area contributed by atoms with Crippen LogP contribution in [-0.4, -0.2) is 49.8 Å². The molecule has 3 aromatic heterocycles. The first kappa shape index (κ1) is 36.8. The first-order valence-corrected chi connectivity index (χ1v) is 19.4. The van der Waals surface area contributed by atoms with Crippen LogP contribution in [-0.2, 0) is 23.2 Å². The van der Waals surface area contributed by atoms with Gasteiger partial charge in [-0.3, -0.25) is 9.99 Å². The van der Waals surface area contributed by atoms with Crippen LogP contribution in [0, 0.1) is 18.6 Å². The Bertz CT molecular complexity index is 2470. The molecule has 15 heteroatoms. The maximum absolute atomic E-state index is 14.5. The number of anilines is 1. The van der Waals surface area contributed by atoms with Crippen molar-refractivity contribution in [1.29, 1.82) is 0 Å². The summed E-state index contributed by atoms with van der Waals surface area (Å²) in [5.41, 5.74) is 3.95. The number of oxime groups is 1. The first-order valence-electron chi connectivity index (χ1n) is 18.5. The number of hydrogen-bond acceptors (Lipinski definition) is 9. The predicted molar refractivity (Wildman–Crippen MR) is 206 cm³/mol. The molecule has 6 aromatic rings. The van der Waals surface area contributed by atoms with E-state index in [1.165, 1.54) is 34.2 Å². The highest BCUT2D eigenvalue weighted by molar-refractivity contribution is 7.10. The molecule has 0 bridgehead atoms. The lowest BCUT2D eigenvalue weighted by molar-refractivity contribution is -0.141. The molecule has 3 aliphatic rings. The van der Waals surface area contributed by atoms with Crippen molar-refractivity contribution in [2.75, 3.05) is 18.1 Å². The lowest BCUT2D eigenvalue weighted by Crippen LogP contribution is -2.62. The van der Waals surface area contributed by atoms with Gasteiger partial charge in [0.1, 0.15) is 23.0 Å². The number of hydrogen-bond donors (Lipinski definition) is 0. The van der Waals surface area contributed by atoms with E-state index in [0.29, 0.717) is 49.5 Å². The van der Waals surface area contributed by atoms with E-state index in [1.54, 1.807) is 19.2 Å². The summed E-state index contributed by atoms with van der Waals surface area (Å²) < 4.78 is 73.2. The van der Waals surface area contributed by atoms with Gasteiger partial charge < -0.3 is 4.84 Å². The number of pyridine rings is 1. The Morgan fingerprint density at radius 2 is 1.61 bits per heavy atom. The number of aliphatic imine (C=N–C) groups is 1. The molecule has 0 amide bonds. The zero-order valence-electron chi connectivity index (χ0n) is 30.6. The molecule has 6 heterocycles. The lowest BCUT2D eigenvalue weighted by atomic mass is 9.97. The summed E-state index contributed by atoms with van der Waals surface area (Å²) in [6.45, 7) is 2.63. The van der Waals surface area contributed by atoms with Gasteiger partial charge in [-0.1, -0.05) is 65.8 Å². The smallest absolute Gasteiger partial charge is 0.387 e. The van der Waals surface area contributed by atoms with Gasteiger partial charge in [0, 0.05) is 60.4 Å². The molecule has 1 unspecified atom stereocenters. The van der Waals surface area contributed by atoms with Crippen LogP contribution in [0.25, 0.3) is 0 Å². The van der Waals surface area contributed by atoms with E-state index >= 15 is 0 Å². The number of alkyl halides is 3. The summed E-state index contributed by atoms with van der Waals surface area (Å²) in [6.07, 6.45) is -1.84. The Morgan fingerprint density at radius 3 is 2.37 bits per heavy atom. The van der Waals surface area contributed by atoms with E-state index < -0.39 is 35.4 Å². The fraction of sp³-hybridized carbons (Fsp3) is 0.262. The molecule has 0 saturated carbocycles. The highest BCUT2D eigenvalue weighted by Gasteiger charge is 2.51. The molecule has 57 heavy (non-hydrogen) atoms. The minimum atomic E-state index is -4.68. The van der Waals surface area contributed by atoms with Crippen LogP contribution in [0.2, 0.25) is 0 Å². The largest absolute Gasteiger partial charge is 0.435 e. The van der Waals surface area contributed by atoms with Gasteiger partial charge in [-0.05, 0) is 61.7 Å². The van der Waals surface area contributed by atoms with Gasteiger partial charge in [-0.25, -0.2) is 28.4 Å². The molecule has 0 N–H and O–H groups in total. The molecule has 2 atom stereocenters. The number of nitrogens with zero attached hydrogens (tertiary/aromatic N) is 8. The van der Waals surface area contributed by atoms with Gasteiger partial charge in [0.2, 0.25) is 0 Å². The minimum absolute atomic E-state index is 0.0660. The Labute approximate surface area is 328 Å². The normalized spacial score (nSPS) is 20.1. The Kier molecular flexibility index (Phi) is 9.44. The predicted octanol–water partition coefficient (Wildman–Crippen LogP) is 9.19. The molecule has 9 nitrogen and oxygen atoms in total. The molecule has 1 saturated heterocycles. The Balaban J connectivity index is 1.04. The van der Waals surface area contributed by atoms with E-state index in [2.05, 4.69) is 15.3 Å². The number of rotatable bonds is 8.